The summed E-state index contributed by atoms with van der Waals surface area (Å²) < 4.78 is 30.4. The van der Waals surface area contributed by atoms with Crippen LogP contribution in [-0.2, 0) is 19.7 Å². The molecule has 0 aliphatic rings. The summed E-state index contributed by atoms with van der Waals surface area (Å²) in [6.07, 6.45) is 0.185. The first-order valence-electron chi connectivity index (χ1n) is 5.30. The maximum absolute atomic E-state index is 11.5. The Morgan fingerprint density at radius 3 is 2.25 bits per heavy atom. The third-order valence-corrected chi connectivity index (χ3v) is 3.75. The van der Waals surface area contributed by atoms with Gasteiger partial charge in [0.1, 0.15) is 0 Å². The summed E-state index contributed by atoms with van der Waals surface area (Å²) in [6.45, 7) is 1.43. The van der Waals surface area contributed by atoms with E-state index in [1.807, 2.05) is 0 Å². The Morgan fingerprint density at radius 2 is 1.80 bits per heavy atom. The molecule has 2 N–H and O–H groups in total. The van der Waals surface area contributed by atoms with Crippen LogP contribution in [0.15, 0.2) is 29.2 Å². The van der Waals surface area contributed by atoms with Gasteiger partial charge >= 0.3 is 51.4 Å². The normalized spacial score (nSPS) is 10.5. The molecule has 0 unspecified atom stereocenters. The number of carbonyl (C=O) groups is 2. The van der Waals surface area contributed by atoms with Crippen molar-refractivity contribution in [3.63, 3.8) is 0 Å². The first-order chi connectivity index (χ1) is 8.79. The summed E-state index contributed by atoms with van der Waals surface area (Å²) in [5, 5.41) is 2.50. The molecule has 1 aromatic rings. The van der Waals surface area contributed by atoms with Crippen LogP contribution in [0.4, 0.5) is 5.69 Å². The number of anilines is 1. The minimum atomic E-state index is -4.23. The van der Waals surface area contributed by atoms with Crippen molar-refractivity contribution in [3.05, 3.63) is 24.3 Å². The van der Waals surface area contributed by atoms with E-state index in [-0.39, 0.29) is 73.7 Å². The fourth-order valence-electron chi connectivity index (χ4n) is 1.22. The van der Waals surface area contributed by atoms with E-state index in [2.05, 4.69) is 5.32 Å². The Kier molecular flexibility index (Phi) is 9.43. The van der Waals surface area contributed by atoms with Crippen LogP contribution in [0, 0.1) is 0 Å². The van der Waals surface area contributed by atoms with Crippen molar-refractivity contribution in [2.24, 2.45) is 0 Å². The molecule has 0 saturated heterocycles. The molecular weight excluding hydrogens is 329 g/mol. The molecular formula is C11H14KNO5S2. The van der Waals surface area contributed by atoms with Crippen LogP contribution < -0.4 is 5.32 Å². The quantitative estimate of drug-likeness (QED) is 0.608. The average Bonchev–Trinajstić information content (AvgIpc) is 2.27. The van der Waals surface area contributed by atoms with E-state index in [0.717, 1.165) is 11.8 Å². The van der Waals surface area contributed by atoms with Gasteiger partial charge in [-0.25, -0.2) is 0 Å². The van der Waals surface area contributed by atoms with E-state index in [9.17, 15) is 18.0 Å². The van der Waals surface area contributed by atoms with E-state index >= 15 is 0 Å². The molecule has 20 heavy (non-hydrogen) atoms. The van der Waals surface area contributed by atoms with Crippen molar-refractivity contribution < 1.29 is 22.6 Å². The standard InChI is InChI=1S/C11H13NO5S2.K.H/c1-8(13)18-7-6-11(14)12-9-2-4-10(5-3-9)19(15,16)17;;/h2-5H,6-7H2,1H3,(H,12,14)(H,15,16,17);;. The third-order valence-electron chi connectivity index (χ3n) is 2.07. The van der Waals surface area contributed by atoms with Crippen molar-refractivity contribution in [2.75, 3.05) is 11.1 Å². The molecule has 0 aliphatic carbocycles. The Bertz CT molecular complexity index is 571. The summed E-state index contributed by atoms with van der Waals surface area (Å²) in [5.74, 6) is 0.123. The summed E-state index contributed by atoms with van der Waals surface area (Å²) in [5.41, 5.74) is 0.422. The minimum absolute atomic E-state index is 0. The number of nitrogens with one attached hydrogen (secondary N) is 1. The van der Waals surface area contributed by atoms with Gasteiger partial charge in [-0.1, -0.05) is 11.8 Å². The zero-order chi connectivity index (χ0) is 14.5. The predicted octanol–water partition coefficient (Wildman–Crippen LogP) is 0.893. The third kappa shape index (κ3) is 7.89. The van der Waals surface area contributed by atoms with Crippen molar-refractivity contribution in [1.82, 2.24) is 0 Å². The molecule has 0 saturated carbocycles. The molecule has 0 aliphatic heterocycles. The van der Waals surface area contributed by atoms with Crippen LogP contribution in [0.2, 0.25) is 0 Å². The number of rotatable bonds is 5. The van der Waals surface area contributed by atoms with Gasteiger partial charge < -0.3 is 5.32 Å². The molecule has 9 heteroatoms. The molecule has 1 amide bonds. The van der Waals surface area contributed by atoms with Gasteiger partial charge in [0.15, 0.2) is 5.12 Å². The number of thioether (sulfide) groups is 1. The second-order valence-electron chi connectivity index (χ2n) is 3.64. The molecule has 0 spiro atoms. The van der Waals surface area contributed by atoms with Crippen LogP contribution in [0.25, 0.3) is 0 Å². The predicted molar refractivity (Wildman–Crippen MR) is 79.8 cm³/mol. The monoisotopic (exact) mass is 343 g/mol. The fraction of sp³-hybridized carbons (Fsp3) is 0.273. The van der Waals surface area contributed by atoms with E-state index in [1.165, 1.54) is 31.2 Å². The van der Waals surface area contributed by atoms with Gasteiger partial charge in [0, 0.05) is 24.8 Å². The van der Waals surface area contributed by atoms with Crippen molar-refractivity contribution in [2.45, 2.75) is 18.2 Å². The number of hydrogen-bond donors (Lipinski definition) is 2. The molecule has 0 atom stereocenters. The van der Waals surface area contributed by atoms with Crippen molar-refractivity contribution in [3.8, 4) is 0 Å². The number of hydrogen-bond acceptors (Lipinski definition) is 5. The topological polar surface area (TPSA) is 101 Å². The van der Waals surface area contributed by atoms with E-state index in [4.69, 9.17) is 4.55 Å². The first kappa shape index (κ1) is 20.3. The SMILES string of the molecule is CC(=O)SCCC(=O)Nc1ccc(S(=O)(=O)O)cc1.[KH]. The van der Waals surface area contributed by atoms with Gasteiger partial charge in [-0.05, 0) is 24.3 Å². The molecule has 0 heterocycles. The van der Waals surface area contributed by atoms with Crippen LogP contribution in [-0.4, -0.2) is 81.1 Å². The van der Waals surface area contributed by atoms with Gasteiger partial charge in [-0.15, -0.1) is 0 Å². The zero-order valence-corrected chi connectivity index (χ0v) is 11.8. The Hall–Kier alpha value is 0.256. The summed E-state index contributed by atoms with van der Waals surface area (Å²) in [4.78, 5) is 21.9. The number of benzene rings is 1. The second-order valence-corrected chi connectivity index (χ2v) is 6.33. The van der Waals surface area contributed by atoms with Crippen molar-refractivity contribution in [1.29, 1.82) is 0 Å². The van der Waals surface area contributed by atoms with Crippen LogP contribution in [0.5, 0.6) is 0 Å². The zero-order valence-electron chi connectivity index (χ0n) is 10.1. The first-order valence-corrected chi connectivity index (χ1v) is 7.72. The summed E-state index contributed by atoms with van der Waals surface area (Å²) in [7, 11) is -4.23. The molecule has 1 rings (SSSR count). The molecule has 0 aromatic heterocycles. The van der Waals surface area contributed by atoms with Crippen LogP contribution in [0.1, 0.15) is 13.3 Å². The molecule has 6 nitrogen and oxygen atoms in total. The number of amides is 1. The van der Waals surface area contributed by atoms with Gasteiger partial charge in [0.05, 0.1) is 4.90 Å². The maximum atomic E-state index is 11.5. The fourth-order valence-corrected chi connectivity index (χ4v) is 2.28. The Labute approximate surface area is 164 Å². The molecule has 1 aromatic carbocycles. The summed E-state index contributed by atoms with van der Waals surface area (Å²) in [6, 6.07) is 5.13. The van der Waals surface area contributed by atoms with E-state index in [1.54, 1.807) is 0 Å². The summed E-state index contributed by atoms with van der Waals surface area (Å²) >= 11 is 1.06. The Balaban J connectivity index is 0.00000361. The number of carbonyl (C=O) groups excluding carboxylic acids is 2. The molecule has 0 bridgehead atoms. The van der Waals surface area contributed by atoms with Gasteiger partial charge in [-0.3, -0.25) is 14.1 Å². The van der Waals surface area contributed by atoms with Crippen LogP contribution >= 0.6 is 11.8 Å². The molecule has 106 valence electrons. The van der Waals surface area contributed by atoms with Crippen molar-refractivity contribution >= 4 is 90.0 Å². The van der Waals surface area contributed by atoms with Gasteiger partial charge in [0.25, 0.3) is 10.1 Å². The Morgan fingerprint density at radius 1 is 1.25 bits per heavy atom. The second kappa shape index (κ2) is 9.31. The van der Waals surface area contributed by atoms with E-state index in [0.29, 0.717) is 11.4 Å². The van der Waals surface area contributed by atoms with Crippen LogP contribution in [0.3, 0.4) is 0 Å². The molecule has 0 radical (unpaired) electrons. The van der Waals surface area contributed by atoms with Gasteiger partial charge in [0.2, 0.25) is 5.91 Å². The van der Waals surface area contributed by atoms with E-state index < -0.39 is 10.1 Å². The average molecular weight is 343 g/mol. The molecule has 0 fully saturated rings. The van der Waals surface area contributed by atoms with Gasteiger partial charge in [-0.2, -0.15) is 8.42 Å².